The first-order valence-electron chi connectivity index (χ1n) is 14.9. The zero-order valence-electron chi connectivity index (χ0n) is 25.8. The van der Waals surface area contributed by atoms with Crippen LogP contribution in [0.5, 0.6) is 0 Å². The molecule has 4 aromatic rings. The fourth-order valence-corrected chi connectivity index (χ4v) is 5.52. The summed E-state index contributed by atoms with van der Waals surface area (Å²) in [7, 11) is 0. The van der Waals surface area contributed by atoms with Gasteiger partial charge in [-0.1, -0.05) is 24.0 Å². The number of aromatic nitrogens is 2. The van der Waals surface area contributed by atoms with E-state index in [1.807, 2.05) is 0 Å². The molecule has 1 fully saturated rings. The van der Waals surface area contributed by atoms with Crippen molar-refractivity contribution in [2.45, 2.75) is 45.0 Å². The highest BCUT2D eigenvalue weighted by Crippen LogP contribution is 2.41. The van der Waals surface area contributed by atoms with Gasteiger partial charge in [0.15, 0.2) is 18.0 Å². The molecule has 0 spiro atoms. The number of ether oxygens (including phenoxy) is 1. The van der Waals surface area contributed by atoms with Crippen LogP contribution >= 0.6 is 0 Å². The van der Waals surface area contributed by atoms with E-state index in [0.29, 0.717) is 59.2 Å². The van der Waals surface area contributed by atoms with Gasteiger partial charge in [-0.15, -0.1) is 0 Å². The standard InChI is InChI=1S/C34H31F3N6O4/c1-33(2,3)47-32(45)39-12-5-6-21-14-23(29-18-38-20-46-29)17-25(15-21)40-31(44)43-26-11-13-42(19-26)28-10-9-27(41-30(28)43)22-7-4-8-24(16-22)34(35,36)37/h4,7-10,14-18,20,26H,11-13,19H2,1-3H3,(H,39,45)(H,40,44)/t26-/m0/s1. The summed E-state index contributed by atoms with van der Waals surface area (Å²) in [6, 6.07) is 13.0. The Morgan fingerprint density at radius 1 is 1.09 bits per heavy atom. The van der Waals surface area contributed by atoms with Gasteiger partial charge < -0.3 is 24.7 Å². The normalized spacial score (nSPS) is 15.4. The van der Waals surface area contributed by atoms with Gasteiger partial charge >= 0.3 is 18.3 Å². The summed E-state index contributed by atoms with van der Waals surface area (Å²) < 4.78 is 51.0. The minimum Gasteiger partial charge on any atom is -0.444 e. The van der Waals surface area contributed by atoms with Gasteiger partial charge in [0.25, 0.3) is 0 Å². The molecule has 1 atom stereocenters. The lowest BCUT2D eigenvalue weighted by Crippen LogP contribution is -2.48. The fourth-order valence-electron chi connectivity index (χ4n) is 5.52. The molecule has 2 aliphatic rings. The van der Waals surface area contributed by atoms with Crippen molar-refractivity contribution < 1.29 is 31.9 Å². The number of hydrogen-bond acceptors (Lipinski definition) is 7. The van der Waals surface area contributed by atoms with E-state index in [1.165, 1.54) is 18.7 Å². The van der Waals surface area contributed by atoms with Crippen molar-refractivity contribution in [3.8, 4) is 34.4 Å². The maximum absolute atomic E-state index is 14.0. The number of alkyl carbamates (subject to hydrolysis) is 1. The predicted molar refractivity (Wildman–Crippen MR) is 170 cm³/mol. The lowest BCUT2D eigenvalue weighted by atomic mass is 10.1. The number of rotatable bonds is 4. The number of benzene rings is 2. The van der Waals surface area contributed by atoms with Crippen molar-refractivity contribution in [1.29, 1.82) is 0 Å². The van der Waals surface area contributed by atoms with Crippen LogP contribution in [0.3, 0.4) is 0 Å². The van der Waals surface area contributed by atoms with Crippen LogP contribution in [-0.4, -0.2) is 53.4 Å². The van der Waals surface area contributed by atoms with Gasteiger partial charge in [0.2, 0.25) is 0 Å². The molecule has 0 aliphatic carbocycles. The van der Waals surface area contributed by atoms with Crippen molar-refractivity contribution in [3.05, 3.63) is 78.3 Å². The van der Waals surface area contributed by atoms with E-state index in [4.69, 9.17) is 14.1 Å². The number of fused-ring (bicyclic) bond motifs is 4. The number of amides is 3. The van der Waals surface area contributed by atoms with Crippen molar-refractivity contribution in [1.82, 2.24) is 15.3 Å². The van der Waals surface area contributed by atoms with E-state index in [1.54, 1.807) is 62.1 Å². The quantitative estimate of drug-likeness (QED) is 0.232. The van der Waals surface area contributed by atoms with Crippen molar-refractivity contribution in [2.75, 3.05) is 34.8 Å². The van der Waals surface area contributed by atoms with Gasteiger partial charge in [-0.2, -0.15) is 13.2 Å². The third-order valence-electron chi connectivity index (χ3n) is 7.51. The van der Waals surface area contributed by atoms with Crippen LogP contribution in [0.2, 0.25) is 0 Å². The summed E-state index contributed by atoms with van der Waals surface area (Å²) in [4.78, 5) is 38.4. The Bertz CT molecular complexity index is 1880. The number of hydrogen-bond donors (Lipinski definition) is 2. The Kier molecular flexibility index (Phi) is 8.27. The third-order valence-corrected chi connectivity index (χ3v) is 7.51. The van der Waals surface area contributed by atoms with Gasteiger partial charge in [0.05, 0.1) is 35.7 Å². The van der Waals surface area contributed by atoms with Gasteiger partial charge in [-0.3, -0.25) is 4.90 Å². The van der Waals surface area contributed by atoms with Crippen molar-refractivity contribution >= 4 is 29.3 Å². The molecule has 4 heterocycles. The summed E-state index contributed by atoms with van der Waals surface area (Å²) in [5, 5.41) is 5.55. The highest BCUT2D eigenvalue weighted by atomic mass is 19.4. The van der Waals surface area contributed by atoms with Gasteiger partial charge in [0, 0.05) is 35.5 Å². The monoisotopic (exact) mass is 644 g/mol. The number of nitrogens with one attached hydrogen (secondary N) is 2. The average Bonchev–Trinajstić information content (AvgIpc) is 3.70. The first kappa shape index (κ1) is 31.5. The second kappa shape index (κ2) is 12.4. The van der Waals surface area contributed by atoms with Crippen LogP contribution in [0.4, 0.5) is 40.0 Å². The van der Waals surface area contributed by atoms with Gasteiger partial charge in [-0.05, 0) is 69.7 Å². The molecule has 242 valence electrons. The SMILES string of the molecule is CC(C)(C)OC(=O)NCC#Cc1cc(NC(=O)N2c3nc(-c4cccc(C(F)(F)F)c4)ccc3N3CC[C@H]2C3)cc(-c2cnco2)c1. The van der Waals surface area contributed by atoms with Crippen LogP contribution < -0.4 is 20.4 Å². The zero-order chi connectivity index (χ0) is 33.3. The first-order chi connectivity index (χ1) is 22.3. The maximum atomic E-state index is 14.0. The largest absolute Gasteiger partial charge is 0.444 e. The Hall–Kier alpha value is -5.51. The summed E-state index contributed by atoms with van der Waals surface area (Å²) in [5.74, 6) is 6.71. The maximum Gasteiger partial charge on any atom is 0.416 e. The molecule has 2 aliphatic heterocycles. The van der Waals surface area contributed by atoms with Crippen LogP contribution in [0.1, 0.15) is 38.3 Å². The smallest absolute Gasteiger partial charge is 0.416 e. The van der Waals surface area contributed by atoms with Crippen molar-refractivity contribution in [3.63, 3.8) is 0 Å². The Morgan fingerprint density at radius 3 is 2.66 bits per heavy atom. The molecule has 10 nitrogen and oxygen atoms in total. The number of pyridine rings is 1. The summed E-state index contributed by atoms with van der Waals surface area (Å²) in [6.45, 7) is 6.64. The second-order valence-electron chi connectivity index (χ2n) is 12.1. The van der Waals surface area contributed by atoms with Crippen LogP contribution in [-0.2, 0) is 10.9 Å². The number of oxazole rings is 1. The molecule has 3 amide bonds. The molecule has 2 bridgehead atoms. The molecule has 2 N–H and O–H groups in total. The summed E-state index contributed by atoms with van der Waals surface area (Å²) in [6.07, 6.45) is -1.57. The van der Waals surface area contributed by atoms with E-state index in [9.17, 15) is 22.8 Å². The average molecular weight is 645 g/mol. The minimum atomic E-state index is -4.50. The lowest BCUT2D eigenvalue weighted by Gasteiger charge is -2.36. The van der Waals surface area contributed by atoms with E-state index >= 15 is 0 Å². The number of urea groups is 1. The topological polar surface area (TPSA) is 113 Å². The molecule has 1 saturated heterocycles. The number of carbonyl (C=O) groups excluding carboxylic acids is 2. The number of carbonyl (C=O) groups is 2. The van der Waals surface area contributed by atoms with E-state index in [0.717, 1.165) is 17.8 Å². The molecule has 6 rings (SSSR count). The zero-order valence-corrected chi connectivity index (χ0v) is 25.8. The number of anilines is 3. The fraction of sp³-hybridized carbons (Fsp3) is 0.294. The third kappa shape index (κ3) is 7.17. The van der Waals surface area contributed by atoms with Crippen molar-refractivity contribution in [2.24, 2.45) is 0 Å². The Labute approximate surface area is 268 Å². The number of nitrogens with zero attached hydrogens (tertiary/aromatic N) is 4. The molecule has 2 aromatic heterocycles. The van der Waals surface area contributed by atoms with Crippen LogP contribution in [0.25, 0.3) is 22.6 Å². The minimum absolute atomic E-state index is 0.0335. The van der Waals surface area contributed by atoms with E-state index in [2.05, 4.69) is 32.4 Å². The molecule has 0 radical (unpaired) electrons. The molecule has 2 aromatic carbocycles. The molecule has 0 saturated carbocycles. The van der Waals surface area contributed by atoms with Crippen LogP contribution in [0.15, 0.2) is 71.6 Å². The lowest BCUT2D eigenvalue weighted by molar-refractivity contribution is -0.137. The highest BCUT2D eigenvalue weighted by Gasteiger charge is 2.40. The molecule has 47 heavy (non-hydrogen) atoms. The second-order valence-corrected chi connectivity index (χ2v) is 12.1. The molecule has 0 unspecified atom stereocenters. The molecular weight excluding hydrogens is 613 g/mol. The molecule has 13 heteroatoms. The van der Waals surface area contributed by atoms with Crippen LogP contribution in [0, 0.1) is 11.8 Å². The Morgan fingerprint density at radius 2 is 1.91 bits per heavy atom. The van der Waals surface area contributed by atoms with Gasteiger partial charge in [-0.25, -0.2) is 19.6 Å². The number of alkyl halides is 3. The number of halogens is 3. The molecular formula is C34H31F3N6O4. The van der Waals surface area contributed by atoms with Gasteiger partial charge in [0.1, 0.15) is 5.60 Å². The first-order valence-corrected chi connectivity index (χ1v) is 14.9. The summed E-state index contributed by atoms with van der Waals surface area (Å²) >= 11 is 0. The van der Waals surface area contributed by atoms with E-state index < -0.39 is 29.5 Å². The van der Waals surface area contributed by atoms with E-state index in [-0.39, 0.29) is 12.6 Å². The Balaban J connectivity index is 1.28. The highest BCUT2D eigenvalue weighted by molar-refractivity contribution is 6.05. The summed E-state index contributed by atoms with van der Waals surface area (Å²) in [5.41, 5.74) is 1.49. The predicted octanol–water partition coefficient (Wildman–Crippen LogP) is 6.93.